The molecule has 90 valence electrons. The third-order valence-electron chi connectivity index (χ3n) is 1.80. The molecule has 0 bridgehead atoms. The average molecular weight is 227 g/mol. The monoisotopic (exact) mass is 227 g/mol. The molecular weight excluding hydrogens is 210 g/mol. The van der Waals surface area contributed by atoms with Gasteiger partial charge < -0.3 is 9.47 Å². The van der Waals surface area contributed by atoms with Crippen LogP contribution in [0, 0.1) is 11.3 Å². The predicted molar refractivity (Wildman–Crippen MR) is 56.0 cm³/mol. The largest absolute Gasteiger partial charge is 0.424 e. The highest BCUT2D eigenvalue weighted by Gasteiger charge is 2.16. The first-order valence-electron chi connectivity index (χ1n) is 5.33. The molecule has 0 aliphatic rings. The van der Waals surface area contributed by atoms with Crippen molar-refractivity contribution in [3.63, 3.8) is 0 Å². The van der Waals surface area contributed by atoms with Gasteiger partial charge in [-0.25, -0.2) is 0 Å². The SMILES string of the molecule is CCCCCC(=O)OC(CC#N)OC(C)=O. The van der Waals surface area contributed by atoms with E-state index in [0.717, 1.165) is 19.3 Å². The van der Waals surface area contributed by atoms with Crippen molar-refractivity contribution >= 4 is 11.9 Å². The van der Waals surface area contributed by atoms with Crippen molar-refractivity contribution in [2.45, 2.75) is 52.2 Å². The molecule has 0 radical (unpaired) electrons. The summed E-state index contributed by atoms with van der Waals surface area (Å²) in [5, 5.41) is 8.44. The summed E-state index contributed by atoms with van der Waals surface area (Å²) < 4.78 is 9.51. The second-order valence-electron chi connectivity index (χ2n) is 3.35. The number of carbonyl (C=O) groups excluding carboxylic acids is 2. The number of carbonyl (C=O) groups is 2. The molecule has 0 fully saturated rings. The maximum atomic E-state index is 11.3. The number of nitrogens with zero attached hydrogens (tertiary/aromatic N) is 1. The lowest BCUT2D eigenvalue weighted by atomic mass is 10.2. The summed E-state index contributed by atoms with van der Waals surface area (Å²) >= 11 is 0. The quantitative estimate of drug-likeness (QED) is 0.377. The Kier molecular flexibility index (Phi) is 7.86. The Balaban J connectivity index is 3.93. The number of hydrogen-bond acceptors (Lipinski definition) is 5. The summed E-state index contributed by atoms with van der Waals surface area (Å²) in [6.45, 7) is 3.23. The third kappa shape index (κ3) is 7.80. The van der Waals surface area contributed by atoms with E-state index in [-0.39, 0.29) is 12.8 Å². The van der Waals surface area contributed by atoms with Gasteiger partial charge in [-0.3, -0.25) is 9.59 Å². The van der Waals surface area contributed by atoms with Crippen LogP contribution in [0.1, 0.15) is 46.0 Å². The van der Waals surface area contributed by atoms with Crippen molar-refractivity contribution in [3.8, 4) is 6.07 Å². The summed E-state index contributed by atoms with van der Waals surface area (Å²) in [7, 11) is 0. The molecule has 0 N–H and O–H groups in total. The molecule has 0 aromatic carbocycles. The van der Waals surface area contributed by atoms with E-state index in [0.29, 0.717) is 0 Å². The van der Waals surface area contributed by atoms with Crippen molar-refractivity contribution in [2.75, 3.05) is 0 Å². The number of esters is 2. The minimum absolute atomic E-state index is 0.140. The van der Waals surface area contributed by atoms with Crippen LogP contribution in [0.15, 0.2) is 0 Å². The standard InChI is InChI=1S/C11H17NO4/c1-3-4-5-6-10(14)16-11(7-8-12)15-9(2)13/h11H,3-7H2,1-2H3. The van der Waals surface area contributed by atoms with Gasteiger partial charge in [0.15, 0.2) is 0 Å². The normalized spacial score (nSPS) is 11.3. The van der Waals surface area contributed by atoms with Crippen LogP contribution in [-0.2, 0) is 19.1 Å². The number of nitriles is 1. The van der Waals surface area contributed by atoms with Crippen LogP contribution in [0.4, 0.5) is 0 Å². The van der Waals surface area contributed by atoms with Crippen LogP contribution in [-0.4, -0.2) is 18.2 Å². The van der Waals surface area contributed by atoms with Crippen molar-refractivity contribution in [2.24, 2.45) is 0 Å². The predicted octanol–water partition coefficient (Wildman–Crippen LogP) is 1.91. The molecule has 0 aromatic rings. The molecule has 0 aromatic heterocycles. The van der Waals surface area contributed by atoms with E-state index in [4.69, 9.17) is 10.00 Å². The van der Waals surface area contributed by atoms with Crippen LogP contribution in [0.2, 0.25) is 0 Å². The first-order valence-corrected chi connectivity index (χ1v) is 5.33. The van der Waals surface area contributed by atoms with E-state index >= 15 is 0 Å². The lowest BCUT2D eigenvalue weighted by molar-refractivity contribution is -0.185. The Bertz CT molecular complexity index is 270. The summed E-state index contributed by atoms with van der Waals surface area (Å²) in [5.74, 6) is -1.00. The van der Waals surface area contributed by atoms with Gasteiger partial charge in [-0.05, 0) is 6.42 Å². The van der Waals surface area contributed by atoms with E-state index in [1.54, 1.807) is 6.07 Å². The smallest absolute Gasteiger partial charge is 0.308 e. The maximum absolute atomic E-state index is 11.3. The number of ether oxygens (including phenoxy) is 2. The Hall–Kier alpha value is -1.57. The van der Waals surface area contributed by atoms with Crippen LogP contribution in [0.25, 0.3) is 0 Å². The van der Waals surface area contributed by atoms with Gasteiger partial charge >= 0.3 is 11.9 Å². The zero-order valence-corrected chi connectivity index (χ0v) is 9.69. The van der Waals surface area contributed by atoms with Crippen LogP contribution < -0.4 is 0 Å². The molecule has 0 saturated heterocycles. The maximum Gasteiger partial charge on any atom is 0.308 e. The number of unbranched alkanes of at least 4 members (excludes halogenated alkanes) is 2. The summed E-state index contributed by atoms with van der Waals surface area (Å²) in [4.78, 5) is 21.9. The molecule has 0 spiro atoms. The summed E-state index contributed by atoms with van der Waals surface area (Å²) in [6, 6.07) is 1.79. The highest BCUT2D eigenvalue weighted by Crippen LogP contribution is 2.06. The molecule has 16 heavy (non-hydrogen) atoms. The Morgan fingerprint density at radius 1 is 1.31 bits per heavy atom. The van der Waals surface area contributed by atoms with Crippen molar-refractivity contribution < 1.29 is 19.1 Å². The topological polar surface area (TPSA) is 76.4 Å². The molecule has 1 unspecified atom stereocenters. The van der Waals surface area contributed by atoms with Gasteiger partial charge in [0.25, 0.3) is 6.29 Å². The Morgan fingerprint density at radius 2 is 2.00 bits per heavy atom. The first kappa shape index (κ1) is 14.4. The molecule has 0 aliphatic heterocycles. The molecule has 0 saturated carbocycles. The van der Waals surface area contributed by atoms with Crippen molar-refractivity contribution in [1.29, 1.82) is 5.26 Å². The van der Waals surface area contributed by atoms with Crippen LogP contribution >= 0.6 is 0 Å². The van der Waals surface area contributed by atoms with Gasteiger partial charge in [-0.1, -0.05) is 19.8 Å². The van der Waals surface area contributed by atoms with Gasteiger partial charge in [-0.15, -0.1) is 0 Å². The fraction of sp³-hybridized carbons (Fsp3) is 0.727. The molecule has 0 aliphatic carbocycles. The Morgan fingerprint density at radius 3 is 2.50 bits per heavy atom. The van der Waals surface area contributed by atoms with Crippen LogP contribution in [0.5, 0.6) is 0 Å². The fourth-order valence-corrected chi connectivity index (χ4v) is 1.09. The molecule has 0 amide bonds. The highest BCUT2D eigenvalue weighted by molar-refractivity contribution is 5.70. The van der Waals surface area contributed by atoms with E-state index in [2.05, 4.69) is 4.74 Å². The second-order valence-corrected chi connectivity index (χ2v) is 3.35. The number of rotatable bonds is 7. The molecule has 0 rings (SSSR count). The summed E-state index contributed by atoms with van der Waals surface area (Å²) in [6.07, 6.45) is 1.78. The number of hydrogen-bond donors (Lipinski definition) is 0. The molecular formula is C11H17NO4. The van der Waals surface area contributed by atoms with Gasteiger partial charge in [0, 0.05) is 13.3 Å². The third-order valence-corrected chi connectivity index (χ3v) is 1.80. The zero-order valence-electron chi connectivity index (χ0n) is 9.69. The fourth-order valence-electron chi connectivity index (χ4n) is 1.09. The zero-order chi connectivity index (χ0) is 12.4. The van der Waals surface area contributed by atoms with Gasteiger partial charge in [0.2, 0.25) is 0 Å². The Labute approximate surface area is 95.3 Å². The lowest BCUT2D eigenvalue weighted by Gasteiger charge is -2.14. The van der Waals surface area contributed by atoms with Crippen molar-refractivity contribution in [1.82, 2.24) is 0 Å². The average Bonchev–Trinajstić information content (AvgIpc) is 2.17. The van der Waals surface area contributed by atoms with Gasteiger partial charge in [-0.2, -0.15) is 5.26 Å². The minimum atomic E-state index is -1.07. The van der Waals surface area contributed by atoms with Crippen LogP contribution in [0.3, 0.4) is 0 Å². The molecule has 5 heteroatoms. The van der Waals surface area contributed by atoms with E-state index in [1.807, 2.05) is 6.92 Å². The van der Waals surface area contributed by atoms with Gasteiger partial charge in [0.1, 0.15) is 6.42 Å². The molecule has 0 heterocycles. The lowest BCUT2D eigenvalue weighted by Crippen LogP contribution is -2.23. The second kappa shape index (κ2) is 8.72. The first-order chi connectivity index (χ1) is 7.60. The van der Waals surface area contributed by atoms with E-state index in [9.17, 15) is 9.59 Å². The molecule has 1 atom stereocenters. The minimum Gasteiger partial charge on any atom is -0.424 e. The van der Waals surface area contributed by atoms with Crippen molar-refractivity contribution in [3.05, 3.63) is 0 Å². The highest BCUT2D eigenvalue weighted by atomic mass is 16.7. The van der Waals surface area contributed by atoms with E-state index in [1.165, 1.54) is 6.92 Å². The molecule has 5 nitrogen and oxygen atoms in total. The summed E-state index contributed by atoms with van der Waals surface area (Å²) in [5.41, 5.74) is 0. The van der Waals surface area contributed by atoms with E-state index < -0.39 is 18.2 Å². The van der Waals surface area contributed by atoms with Gasteiger partial charge in [0.05, 0.1) is 6.07 Å².